The Morgan fingerprint density at radius 3 is 2.39 bits per heavy atom. The first kappa shape index (κ1) is 25.2. The van der Waals surface area contributed by atoms with Gasteiger partial charge < -0.3 is 15.5 Å². The molecule has 1 aromatic rings. The summed E-state index contributed by atoms with van der Waals surface area (Å²) in [7, 11) is 1.86. The second kappa shape index (κ2) is 13.4. The molecule has 0 aliphatic carbocycles. The summed E-state index contributed by atoms with van der Waals surface area (Å²) >= 11 is 0. The summed E-state index contributed by atoms with van der Waals surface area (Å²) in [4.78, 5) is 9.41. The highest BCUT2D eigenvalue weighted by Crippen LogP contribution is 2.13. The van der Waals surface area contributed by atoms with Crippen molar-refractivity contribution >= 4 is 29.9 Å². The minimum Gasteiger partial charge on any atom is -0.354 e. The standard InChI is InChI=1S/C22H39N5.HI/c1-6-26(7-2)17-20-10-8-9-19(15-20)16-24-22(23-5)25-21-11-13-27(14-12-21)18(3)4;/h8-10,15,18,21H,6-7,11-14,16-17H2,1-5H3,(H2,23,24,25);1H. The van der Waals surface area contributed by atoms with Crippen LogP contribution in [0.5, 0.6) is 0 Å². The van der Waals surface area contributed by atoms with Crippen molar-refractivity contribution in [2.24, 2.45) is 4.99 Å². The Morgan fingerprint density at radius 2 is 1.82 bits per heavy atom. The predicted octanol–water partition coefficient (Wildman–Crippen LogP) is 3.68. The first-order chi connectivity index (χ1) is 13.0. The number of aliphatic imine (C=N–C) groups is 1. The van der Waals surface area contributed by atoms with Gasteiger partial charge in [-0.15, -0.1) is 24.0 Å². The van der Waals surface area contributed by atoms with Crippen LogP contribution in [0, 0.1) is 0 Å². The lowest BCUT2D eigenvalue weighted by atomic mass is 10.0. The van der Waals surface area contributed by atoms with Gasteiger partial charge in [0.25, 0.3) is 0 Å². The van der Waals surface area contributed by atoms with Crippen molar-refractivity contribution in [2.75, 3.05) is 33.2 Å². The molecule has 1 saturated heterocycles. The van der Waals surface area contributed by atoms with E-state index in [2.05, 4.69) is 77.4 Å². The van der Waals surface area contributed by atoms with Crippen molar-refractivity contribution in [1.82, 2.24) is 20.4 Å². The molecule has 0 saturated carbocycles. The average Bonchev–Trinajstić information content (AvgIpc) is 2.70. The lowest BCUT2D eigenvalue weighted by Crippen LogP contribution is -2.49. The summed E-state index contributed by atoms with van der Waals surface area (Å²) in [5, 5.41) is 7.09. The van der Waals surface area contributed by atoms with Gasteiger partial charge in [-0.25, -0.2) is 0 Å². The Labute approximate surface area is 189 Å². The maximum absolute atomic E-state index is 4.42. The molecule has 2 N–H and O–H groups in total. The number of rotatable bonds is 8. The Kier molecular flexibility index (Phi) is 12.0. The molecule has 5 nitrogen and oxygen atoms in total. The normalized spacial score (nSPS) is 16.3. The molecular formula is C22H40IN5. The number of benzene rings is 1. The molecule has 0 amide bonds. The Bertz CT molecular complexity index is 578. The first-order valence-electron chi connectivity index (χ1n) is 10.6. The van der Waals surface area contributed by atoms with E-state index in [1.807, 2.05) is 7.05 Å². The van der Waals surface area contributed by atoms with Crippen LogP contribution >= 0.6 is 24.0 Å². The minimum absolute atomic E-state index is 0. The number of guanidine groups is 1. The quantitative estimate of drug-likeness (QED) is 0.324. The SMILES string of the molecule is CCN(CC)Cc1cccc(CNC(=NC)NC2CCN(C(C)C)CC2)c1.I. The van der Waals surface area contributed by atoms with Crippen molar-refractivity contribution < 1.29 is 0 Å². The van der Waals surface area contributed by atoms with Gasteiger partial charge in [0.15, 0.2) is 5.96 Å². The fraction of sp³-hybridized carbons (Fsp3) is 0.682. The summed E-state index contributed by atoms with van der Waals surface area (Å²) in [5.74, 6) is 0.909. The molecule has 160 valence electrons. The van der Waals surface area contributed by atoms with E-state index in [-0.39, 0.29) is 24.0 Å². The molecule has 1 fully saturated rings. The van der Waals surface area contributed by atoms with E-state index in [1.165, 1.54) is 37.1 Å². The molecule has 2 rings (SSSR count). The highest BCUT2D eigenvalue weighted by Gasteiger charge is 2.21. The average molecular weight is 502 g/mol. The number of halogens is 1. The van der Waals surface area contributed by atoms with Crippen LogP contribution in [0.4, 0.5) is 0 Å². The molecule has 0 spiro atoms. The second-order valence-corrected chi connectivity index (χ2v) is 7.76. The Balaban J connectivity index is 0.00000392. The summed E-state index contributed by atoms with van der Waals surface area (Å²) in [6, 6.07) is 10.0. The maximum atomic E-state index is 4.42. The van der Waals surface area contributed by atoms with Crippen molar-refractivity contribution in [3.8, 4) is 0 Å². The topological polar surface area (TPSA) is 42.9 Å². The molecule has 0 aromatic heterocycles. The molecule has 28 heavy (non-hydrogen) atoms. The number of hydrogen-bond donors (Lipinski definition) is 2. The van der Waals surface area contributed by atoms with E-state index in [0.717, 1.165) is 32.1 Å². The Morgan fingerprint density at radius 1 is 1.18 bits per heavy atom. The highest BCUT2D eigenvalue weighted by molar-refractivity contribution is 14.0. The molecule has 0 unspecified atom stereocenters. The smallest absolute Gasteiger partial charge is 0.191 e. The van der Waals surface area contributed by atoms with Gasteiger partial charge in [0, 0.05) is 45.3 Å². The summed E-state index contributed by atoms with van der Waals surface area (Å²) in [5.41, 5.74) is 2.68. The van der Waals surface area contributed by atoms with Crippen LogP contribution in [0.25, 0.3) is 0 Å². The summed E-state index contributed by atoms with van der Waals surface area (Å²) in [6.07, 6.45) is 2.36. The lowest BCUT2D eigenvalue weighted by molar-refractivity contribution is 0.167. The molecule has 0 atom stereocenters. The zero-order chi connectivity index (χ0) is 19.6. The molecule has 0 radical (unpaired) electrons. The van der Waals surface area contributed by atoms with Gasteiger partial charge in [-0.1, -0.05) is 38.1 Å². The third-order valence-corrected chi connectivity index (χ3v) is 5.58. The summed E-state index contributed by atoms with van der Waals surface area (Å²) in [6.45, 7) is 15.3. The van der Waals surface area contributed by atoms with E-state index in [0.29, 0.717) is 12.1 Å². The van der Waals surface area contributed by atoms with Gasteiger partial charge in [-0.05, 0) is 50.9 Å². The zero-order valence-corrected chi connectivity index (χ0v) is 20.7. The van der Waals surface area contributed by atoms with Gasteiger partial charge in [0.05, 0.1) is 0 Å². The van der Waals surface area contributed by atoms with Gasteiger partial charge in [0.2, 0.25) is 0 Å². The van der Waals surface area contributed by atoms with E-state index >= 15 is 0 Å². The van der Waals surface area contributed by atoms with Crippen molar-refractivity contribution in [3.05, 3.63) is 35.4 Å². The van der Waals surface area contributed by atoms with Crippen LogP contribution < -0.4 is 10.6 Å². The molecule has 1 aromatic carbocycles. The number of nitrogens with one attached hydrogen (secondary N) is 2. The maximum Gasteiger partial charge on any atom is 0.191 e. The third kappa shape index (κ3) is 8.25. The first-order valence-corrected chi connectivity index (χ1v) is 10.6. The zero-order valence-electron chi connectivity index (χ0n) is 18.4. The van der Waals surface area contributed by atoms with Crippen LogP contribution in [-0.2, 0) is 13.1 Å². The van der Waals surface area contributed by atoms with E-state index < -0.39 is 0 Å². The minimum atomic E-state index is 0. The van der Waals surface area contributed by atoms with Crippen molar-refractivity contribution in [3.63, 3.8) is 0 Å². The monoisotopic (exact) mass is 501 g/mol. The van der Waals surface area contributed by atoms with Crippen molar-refractivity contribution in [1.29, 1.82) is 0 Å². The van der Waals surface area contributed by atoms with E-state index in [4.69, 9.17) is 0 Å². The molecule has 0 bridgehead atoms. The van der Waals surface area contributed by atoms with Gasteiger partial charge in [0.1, 0.15) is 0 Å². The predicted molar refractivity (Wildman–Crippen MR) is 132 cm³/mol. The van der Waals surface area contributed by atoms with E-state index in [1.54, 1.807) is 0 Å². The number of hydrogen-bond acceptors (Lipinski definition) is 3. The molecule has 1 heterocycles. The molecule has 1 aliphatic rings. The van der Waals surface area contributed by atoms with Crippen molar-refractivity contribution in [2.45, 2.75) is 65.7 Å². The van der Waals surface area contributed by atoms with Crippen LogP contribution in [-0.4, -0.2) is 61.1 Å². The van der Waals surface area contributed by atoms with Gasteiger partial charge in [-0.3, -0.25) is 9.89 Å². The lowest BCUT2D eigenvalue weighted by Gasteiger charge is -2.35. The largest absolute Gasteiger partial charge is 0.354 e. The number of piperidine rings is 1. The van der Waals surface area contributed by atoms with Gasteiger partial charge in [-0.2, -0.15) is 0 Å². The fourth-order valence-corrected chi connectivity index (χ4v) is 3.68. The molecular weight excluding hydrogens is 461 g/mol. The molecule has 6 heteroatoms. The third-order valence-electron chi connectivity index (χ3n) is 5.58. The van der Waals surface area contributed by atoms with Gasteiger partial charge >= 0.3 is 0 Å². The molecule has 1 aliphatic heterocycles. The Hall–Kier alpha value is -0.860. The van der Waals surface area contributed by atoms with Crippen LogP contribution in [0.1, 0.15) is 51.7 Å². The van der Waals surface area contributed by atoms with Crippen LogP contribution in [0.3, 0.4) is 0 Å². The number of likely N-dealkylation sites (tertiary alicyclic amines) is 1. The van der Waals surface area contributed by atoms with Crippen LogP contribution in [0.2, 0.25) is 0 Å². The number of nitrogens with zero attached hydrogens (tertiary/aromatic N) is 3. The highest BCUT2D eigenvalue weighted by atomic mass is 127. The van der Waals surface area contributed by atoms with E-state index in [9.17, 15) is 0 Å². The second-order valence-electron chi connectivity index (χ2n) is 7.76. The summed E-state index contributed by atoms with van der Waals surface area (Å²) < 4.78 is 0. The van der Waals surface area contributed by atoms with Crippen LogP contribution in [0.15, 0.2) is 29.3 Å². The fourth-order valence-electron chi connectivity index (χ4n) is 3.68.